The minimum Gasteiger partial charge on any atom is -0.463 e. The summed E-state index contributed by atoms with van der Waals surface area (Å²) in [6.07, 6.45) is 0. The number of ether oxygens (including phenoxy) is 1. The standard InChI is InChI=1S/C17H17NO3/c1-18-14-8-4-2-6-12(14)16(17(20)21-11-10-19)13-7-3-5-9-15(13)18/h2-9,16,19H,10-11H2,1H3. The molecule has 2 aromatic carbocycles. The number of fused-ring (bicyclic) bond motifs is 2. The number of benzene rings is 2. The fourth-order valence-electron chi connectivity index (χ4n) is 2.85. The topological polar surface area (TPSA) is 49.8 Å². The Morgan fingerprint density at radius 1 is 1.10 bits per heavy atom. The highest BCUT2D eigenvalue weighted by atomic mass is 16.5. The molecule has 1 aliphatic rings. The molecule has 0 atom stereocenters. The number of carbonyl (C=O) groups excluding carboxylic acids is 1. The van der Waals surface area contributed by atoms with E-state index >= 15 is 0 Å². The van der Waals surface area contributed by atoms with Crippen molar-refractivity contribution >= 4 is 17.3 Å². The van der Waals surface area contributed by atoms with Crippen LogP contribution in [0.3, 0.4) is 0 Å². The van der Waals surface area contributed by atoms with Crippen LogP contribution in [0.2, 0.25) is 0 Å². The van der Waals surface area contributed by atoms with Crippen molar-refractivity contribution in [2.75, 3.05) is 25.2 Å². The molecular formula is C17H17NO3. The zero-order valence-electron chi connectivity index (χ0n) is 11.8. The van der Waals surface area contributed by atoms with E-state index in [-0.39, 0.29) is 19.2 Å². The number of aliphatic hydroxyl groups is 1. The van der Waals surface area contributed by atoms with Gasteiger partial charge in [-0.3, -0.25) is 4.79 Å². The van der Waals surface area contributed by atoms with Gasteiger partial charge in [-0.25, -0.2) is 0 Å². The first-order chi connectivity index (χ1) is 10.2. The minimum absolute atomic E-state index is 0.0233. The van der Waals surface area contributed by atoms with Gasteiger partial charge in [-0.05, 0) is 23.3 Å². The lowest BCUT2D eigenvalue weighted by atomic mass is 9.85. The molecule has 0 spiro atoms. The molecule has 0 saturated heterocycles. The van der Waals surface area contributed by atoms with E-state index in [1.807, 2.05) is 55.6 Å². The number of rotatable bonds is 3. The number of aliphatic hydroxyl groups excluding tert-OH is 1. The number of hydrogen-bond acceptors (Lipinski definition) is 4. The molecule has 108 valence electrons. The Morgan fingerprint density at radius 3 is 2.14 bits per heavy atom. The van der Waals surface area contributed by atoms with E-state index in [4.69, 9.17) is 9.84 Å². The molecular weight excluding hydrogens is 266 g/mol. The van der Waals surface area contributed by atoms with E-state index in [9.17, 15) is 4.79 Å². The normalized spacial score (nSPS) is 13.5. The predicted octanol–water partition coefficient (Wildman–Crippen LogP) is 2.44. The van der Waals surface area contributed by atoms with Gasteiger partial charge in [0.1, 0.15) is 12.5 Å². The van der Waals surface area contributed by atoms with Gasteiger partial charge in [-0.15, -0.1) is 0 Å². The first kappa shape index (κ1) is 13.6. The molecule has 0 saturated carbocycles. The van der Waals surface area contributed by atoms with Gasteiger partial charge in [-0.1, -0.05) is 36.4 Å². The van der Waals surface area contributed by atoms with Gasteiger partial charge >= 0.3 is 5.97 Å². The van der Waals surface area contributed by atoms with Crippen LogP contribution in [0.15, 0.2) is 48.5 Å². The summed E-state index contributed by atoms with van der Waals surface area (Å²) in [6.45, 7) is -0.142. The van der Waals surface area contributed by atoms with E-state index < -0.39 is 5.92 Å². The first-order valence-electron chi connectivity index (χ1n) is 6.93. The molecule has 21 heavy (non-hydrogen) atoms. The van der Waals surface area contributed by atoms with Gasteiger partial charge in [0, 0.05) is 18.4 Å². The van der Waals surface area contributed by atoms with E-state index in [0.29, 0.717) is 0 Å². The molecule has 0 aromatic heterocycles. The SMILES string of the molecule is CN1c2ccccc2C(C(=O)OCCO)c2ccccc21. The zero-order valence-corrected chi connectivity index (χ0v) is 11.8. The maximum absolute atomic E-state index is 12.4. The second-order valence-corrected chi connectivity index (χ2v) is 5.00. The molecule has 0 unspecified atom stereocenters. The van der Waals surface area contributed by atoms with Crippen LogP contribution < -0.4 is 4.90 Å². The summed E-state index contributed by atoms with van der Waals surface area (Å²) in [7, 11) is 1.99. The number of nitrogens with zero attached hydrogens (tertiary/aromatic N) is 1. The average molecular weight is 283 g/mol. The Kier molecular flexibility index (Phi) is 3.62. The lowest BCUT2D eigenvalue weighted by Crippen LogP contribution is -2.27. The molecule has 0 aliphatic carbocycles. The van der Waals surface area contributed by atoms with Gasteiger partial charge < -0.3 is 14.7 Å². The molecule has 1 aliphatic heterocycles. The quantitative estimate of drug-likeness (QED) is 0.879. The van der Waals surface area contributed by atoms with Crippen LogP contribution in [0.4, 0.5) is 11.4 Å². The van der Waals surface area contributed by atoms with Crippen molar-refractivity contribution in [3.05, 3.63) is 59.7 Å². The van der Waals surface area contributed by atoms with Gasteiger partial charge in [-0.2, -0.15) is 0 Å². The summed E-state index contributed by atoms with van der Waals surface area (Å²) in [5, 5.41) is 8.86. The van der Waals surface area contributed by atoms with E-state index in [2.05, 4.69) is 4.90 Å². The van der Waals surface area contributed by atoms with Crippen LogP contribution in [0, 0.1) is 0 Å². The highest BCUT2D eigenvalue weighted by molar-refractivity contribution is 5.91. The summed E-state index contributed by atoms with van der Waals surface area (Å²) in [4.78, 5) is 14.5. The highest BCUT2D eigenvalue weighted by Gasteiger charge is 2.34. The minimum atomic E-state index is -0.444. The second kappa shape index (κ2) is 5.58. The van der Waals surface area contributed by atoms with Crippen molar-refractivity contribution < 1.29 is 14.6 Å². The van der Waals surface area contributed by atoms with Crippen molar-refractivity contribution in [3.8, 4) is 0 Å². The summed E-state index contributed by atoms with van der Waals surface area (Å²) < 4.78 is 5.17. The molecule has 0 bridgehead atoms. The third-order valence-electron chi connectivity index (χ3n) is 3.79. The second-order valence-electron chi connectivity index (χ2n) is 5.00. The van der Waals surface area contributed by atoms with Gasteiger partial charge in [0.05, 0.1) is 6.61 Å². The van der Waals surface area contributed by atoms with Crippen molar-refractivity contribution in [2.24, 2.45) is 0 Å². The molecule has 0 fully saturated rings. The van der Waals surface area contributed by atoms with Gasteiger partial charge in [0.25, 0.3) is 0 Å². The fourth-order valence-corrected chi connectivity index (χ4v) is 2.85. The summed E-state index contributed by atoms with van der Waals surface area (Å²) >= 11 is 0. The van der Waals surface area contributed by atoms with Crippen LogP contribution >= 0.6 is 0 Å². The summed E-state index contributed by atoms with van der Waals surface area (Å²) in [5.41, 5.74) is 3.87. The monoisotopic (exact) mass is 283 g/mol. The van der Waals surface area contributed by atoms with Crippen LogP contribution in [0.5, 0.6) is 0 Å². The Balaban J connectivity index is 2.11. The number of anilines is 2. The first-order valence-corrected chi connectivity index (χ1v) is 6.93. The Hall–Kier alpha value is -2.33. The Bertz CT molecular complexity index is 621. The number of para-hydroxylation sites is 2. The van der Waals surface area contributed by atoms with Crippen LogP contribution in [-0.4, -0.2) is 31.3 Å². The maximum Gasteiger partial charge on any atom is 0.318 e. The molecule has 4 nitrogen and oxygen atoms in total. The Labute approximate surface area is 123 Å². The van der Waals surface area contributed by atoms with E-state index in [0.717, 1.165) is 22.5 Å². The van der Waals surface area contributed by atoms with Crippen molar-refractivity contribution in [3.63, 3.8) is 0 Å². The predicted molar refractivity (Wildman–Crippen MR) is 80.8 cm³/mol. The lowest BCUT2D eigenvalue weighted by Gasteiger charge is -2.34. The van der Waals surface area contributed by atoms with Crippen molar-refractivity contribution in [1.29, 1.82) is 0 Å². The van der Waals surface area contributed by atoms with E-state index in [1.165, 1.54) is 0 Å². The molecule has 1 heterocycles. The lowest BCUT2D eigenvalue weighted by molar-refractivity contribution is -0.145. The highest BCUT2D eigenvalue weighted by Crippen LogP contribution is 2.44. The third kappa shape index (κ3) is 2.28. The largest absolute Gasteiger partial charge is 0.463 e. The summed E-state index contributed by atoms with van der Waals surface area (Å²) in [5.74, 6) is -0.766. The molecule has 1 N–H and O–H groups in total. The van der Waals surface area contributed by atoms with Gasteiger partial charge in [0.15, 0.2) is 0 Å². The molecule has 0 amide bonds. The number of hydrogen-bond donors (Lipinski definition) is 1. The maximum atomic E-state index is 12.4. The van der Waals surface area contributed by atoms with Crippen LogP contribution in [0.25, 0.3) is 0 Å². The summed E-state index contributed by atoms with van der Waals surface area (Å²) in [6, 6.07) is 15.7. The third-order valence-corrected chi connectivity index (χ3v) is 3.79. The van der Waals surface area contributed by atoms with Crippen LogP contribution in [0.1, 0.15) is 17.0 Å². The Morgan fingerprint density at radius 2 is 1.62 bits per heavy atom. The van der Waals surface area contributed by atoms with Gasteiger partial charge in [0.2, 0.25) is 0 Å². The van der Waals surface area contributed by atoms with Crippen LogP contribution in [-0.2, 0) is 9.53 Å². The fraction of sp³-hybridized carbons (Fsp3) is 0.235. The van der Waals surface area contributed by atoms with Crippen molar-refractivity contribution in [1.82, 2.24) is 0 Å². The molecule has 0 radical (unpaired) electrons. The molecule has 3 rings (SSSR count). The molecule has 4 heteroatoms. The smallest absolute Gasteiger partial charge is 0.318 e. The number of carbonyl (C=O) groups is 1. The van der Waals surface area contributed by atoms with E-state index in [1.54, 1.807) is 0 Å². The molecule has 2 aromatic rings. The zero-order chi connectivity index (χ0) is 14.8. The van der Waals surface area contributed by atoms with Crippen molar-refractivity contribution in [2.45, 2.75) is 5.92 Å². The number of esters is 1. The average Bonchev–Trinajstić information content (AvgIpc) is 2.53.